The fraction of sp³-hybridized carbons (Fsp3) is 0.235. The van der Waals surface area contributed by atoms with Gasteiger partial charge in [0.25, 0.3) is 5.91 Å². The summed E-state index contributed by atoms with van der Waals surface area (Å²) in [5, 5.41) is 2.42. The first kappa shape index (κ1) is 18.2. The second-order valence-electron chi connectivity index (χ2n) is 5.92. The Morgan fingerprint density at radius 1 is 1.12 bits per heavy atom. The Hall–Kier alpha value is -2.55. The minimum atomic E-state index is -3.40. The minimum absolute atomic E-state index is 0.0443. The van der Waals surface area contributed by atoms with Gasteiger partial charge in [-0.1, -0.05) is 6.07 Å². The molecule has 0 spiro atoms. The van der Waals surface area contributed by atoms with Crippen LogP contribution in [0.4, 0.5) is 24.5 Å². The topological polar surface area (TPSA) is 66.5 Å². The minimum Gasteiger partial charge on any atom is -0.322 e. The molecule has 0 unspecified atom stereocenters. The van der Waals surface area contributed by atoms with Crippen LogP contribution in [0.2, 0.25) is 0 Å². The van der Waals surface area contributed by atoms with E-state index in [2.05, 4.69) is 5.32 Å². The molecule has 5 nitrogen and oxygen atoms in total. The van der Waals surface area contributed by atoms with Gasteiger partial charge in [-0.05, 0) is 43.2 Å². The standard InChI is InChI=1S/C17H15F3N2O3S/c1-10-3-4-11(22-7-2-8-26(22,24)25)9-14(10)21-17(23)12-5-6-13(18)16(20)15(12)19/h3-6,9H,2,7-8H2,1H3,(H,21,23). The highest BCUT2D eigenvalue weighted by Crippen LogP contribution is 2.29. The lowest BCUT2D eigenvalue weighted by molar-refractivity contribution is 0.102. The van der Waals surface area contributed by atoms with Crippen molar-refractivity contribution in [1.29, 1.82) is 0 Å². The van der Waals surface area contributed by atoms with Crippen molar-refractivity contribution in [3.05, 3.63) is 58.9 Å². The van der Waals surface area contributed by atoms with E-state index in [1.165, 1.54) is 10.4 Å². The molecule has 2 aromatic rings. The Bertz CT molecular complexity index is 993. The van der Waals surface area contributed by atoms with Gasteiger partial charge in [0, 0.05) is 12.2 Å². The molecule has 1 fully saturated rings. The number of nitrogens with one attached hydrogen (secondary N) is 1. The molecule has 0 bridgehead atoms. The third-order valence-corrected chi connectivity index (χ3v) is 6.01. The summed E-state index contributed by atoms with van der Waals surface area (Å²) in [6.07, 6.45) is 0.498. The molecular formula is C17H15F3N2O3S. The number of carbonyl (C=O) groups excluding carboxylic acids is 1. The number of halogens is 3. The van der Waals surface area contributed by atoms with Crippen LogP contribution in [0.15, 0.2) is 30.3 Å². The number of hydrogen-bond donors (Lipinski definition) is 1. The number of sulfonamides is 1. The van der Waals surface area contributed by atoms with Gasteiger partial charge in [0.05, 0.1) is 17.0 Å². The molecule has 26 heavy (non-hydrogen) atoms. The van der Waals surface area contributed by atoms with Crippen molar-refractivity contribution in [2.24, 2.45) is 0 Å². The molecule has 0 aromatic heterocycles. The van der Waals surface area contributed by atoms with Crippen molar-refractivity contribution in [1.82, 2.24) is 0 Å². The third-order valence-electron chi connectivity index (χ3n) is 4.14. The molecule has 1 amide bonds. The molecule has 0 radical (unpaired) electrons. The maximum Gasteiger partial charge on any atom is 0.258 e. The quantitative estimate of drug-likeness (QED) is 0.827. The maximum atomic E-state index is 13.8. The number of benzene rings is 2. The molecule has 0 aliphatic carbocycles. The Kier molecular flexibility index (Phi) is 4.66. The van der Waals surface area contributed by atoms with Crippen molar-refractivity contribution in [2.45, 2.75) is 13.3 Å². The van der Waals surface area contributed by atoms with Crippen LogP contribution in [0, 0.1) is 24.4 Å². The lowest BCUT2D eigenvalue weighted by atomic mass is 10.1. The molecule has 0 saturated carbocycles. The fourth-order valence-corrected chi connectivity index (χ4v) is 4.28. The van der Waals surface area contributed by atoms with E-state index in [1.54, 1.807) is 19.1 Å². The van der Waals surface area contributed by atoms with Gasteiger partial charge in [-0.15, -0.1) is 0 Å². The summed E-state index contributed by atoms with van der Waals surface area (Å²) >= 11 is 0. The van der Waals surface area contributed by atoms with E-state index in [-0.39, 0.29) is 11.4 Å². The molecule has 3 rings (SSSR count). The van der Waals surface area contributed by atoms with E-state index in [0.29, 0.717) is 30.3 Å². The summed E-state index contributed by atoms with van der Waals surface area (Å²) in [6, 6.07) is 6.17. The van der Waals surface area contributed by atoms with Crippen LogP contribution in [-0.4, -0.2) is 26.6 Å². The number of nitrogens with zero attached hydrogens (tertiary/aromatic N) is 1. The Morgan fingerprint density at radius 2 is 1.85 bits per heavy atom. The number of amides is 1. The summed E-state index contributed by atoms with van der Waals surface area (Å²) in [6.45, 7) is 2.00. The van der Waals surface area contributed by atoms with E-state index >= 15 is 0 Å². The highest BCUT2D eigenvalue weighted by molar-refractivity contribution is 7.93. The van der Waals surface area contributed by atoms with Gasteiger partial charge in [-0.3, -0.25) is 9.10 Å². The van der Waals surface area contributed by atoms with Crippen LogP contribution >= 0.6 is 0 Å². The van der Waals surface area contributed by atoms with E-state index in [0.717, 1.165) is 6.07 Å². The summed E-state index contributed by atoms with van der Waals surface area (Å²) in [5.74, 6) is -5.63. The van der Waals surface area contributed by atoms with Crippen molar-refractivity contribution >= 4 is 27.3 Å². The van der Waals surface area contributed by atoms with Crippen LogP contribution in [0.5, 0.6) is 0 Å². The molecule has 1 aliphatic rings. The van der Waals surface area contributed by atoms with Crippen molar-refractivity contribution in [3.8, 4) is 0 Å². The summed E-state index contributed by atoms with van der Waals surface area (Å²) in [5.41, 5.74) is 0.567. The lowest BCUT2D eigenvalue weighted by Crippen LogP contribution is -2.25. The number of anilines is 2. The Balaban J connectivity index is 1.92. The highest BCUT2D eigenvalue weighted by Gasteiger charge is 2.29. The smallest absolute Gasteiger partial charge is 0.258 e. The van der Waals surface area contributed by atoms with Gasteiger partial charge in [0.2, 0.25) is 10.0 Å². The number of aryl methyl sites for hydroxylation is 1. The second-order valence-corrected chi connectivity index (χ2v) is 7.93. The predicted octanol–water partition coefficient (Wildman–Crippen LogP) is 3.20. The lowest BCUT2D eigenvalue weighted by Gasteiger charge is -2.19. The van der Waals surface area contributed by atoms with Gasteiger partial charge < -0.3 is 5.32 Å². The number of hydrogen-bond acceptors (Lipinski definition) is 3. The third kappa shape index (κ3) is 3.26. The highest BCUT2D eigenvalue weighted by atomic mass is 32.2. The normalized spacial score (nSPS) is 15.9. The molecule has 0 atom stereocenters. The first-order valence-electron chi connectivity index (χ1n) is 7.76. The first-order chi connectivity index (χ1) is 12.2. The molecule has 1 heterocycles. The SMILES string of the molecule is Cc1ccc(N2CCCS2(=O)=O)cc1NC(=O)c1ccc(F)c(F)c1F. The molecule has 2 aromatic carbocycles. The van der Waals surface area contributed by atoms with Crippen LogP contribution in [0.3, 0.4) is 0 Å². The average molecular weight is 384 g/mol. The molecule has 9 heteroatoms. The molecule has 138 valence electrons. The zero-order valence-corrected chi connectivity index (χ0v) is 14.5. The van der Waals surface area contributed by atoms with E-state index in [9.17, 15) is 26.4 Å². The summed E-state index contributed by atoms with van der Waals surface area (Å²) in [7, 11) is -3.40. The van der Waals surface area contributed by atoms with Crippen molar-refractivity contribution in [3.63, 3.8) is 0 Å². The van der Waals surface area contributed by atoms with Gasteiger partial charge >= 0.3 is 0 Å². The number of rotatable bonds is 3. The fourth-order valence-electron chi connectivity index (χ4n) is 2.72. The van der Waals surface area contributed by atoms with E-state index < -0.39 is 38.9 Å². The maximum absolute atomic E-state index is 13.8. The molecule has 1 N–H and O–H groups in total. The monoisotopic (exact) mass is 384 g/mol. The average Bonchev–Trinajstić information content (AvgIpc) is 2.94. The first-order valence-corrected chi connectivity index (χ1v) is 9.37. The van der Waals surface area contributed by atoms with Crippen LogP contribution < -0.4 is 9.62 Å². The van der Waals surface area contributed by atoms with Gasteiger partial charge in [0.1, 0.15) is 0 Å². The molecular weight excluding hydrogens is 369 g/mol. The zero-order valence-electron chi connectivity index (χ0n) is 13.7. The van der Waals surface area contributed by atoms with Crippen molar-refractivity contribution < 1.29 is 26.4 Å². The second kappa shape index (κ2) is 6.64. The molecule has 1 aliphatic heterocycles. The van der Waals surface area contributed by atoms with E-state index in [1.807, 2.05) is 0 Å². The van der Waals surface area contributed by atoms with Crippen LogP contribution in [-0.2, 0) is 10.0 Å². The van der Waals surface area contributed by atoms with Crippen LogP contribution in [0.25, 0.3) is 0 Å². The molecule has 1 saturated heterocycles. The largest absolute Gasteiger partial charge is 0.322 e. The summed E-state index contributed by atoms with van der Waals surface area (Å²) < 4.78 is 65.4. The number of carbonyl (C=O) groups is 1. The van der Waals surface area contributed by atoms with E-state index in [4.69, 9.17) is 0 Å². The van der Waals surface area contributed by atoms with Crippen LogP contribution in [0.1, 0.15) is 22.3 Å². The summed E-state index contributed by atoms with van der Waals surface area (Å²) in [4.78, 5) is 12.2. The van der Waals surface area contributed by atoms with Crippen molar-refractivity contribution in [2.75, 3.05) is 21.9 Å². The van der Waals surface area contributed by atoms with Gasteiger partial charge in [0.15, 0.2) is 17.5 Å². The Labute approximate surface area is 148 Å². The predicted molar refractivity (Wildman–Crippen MR) is 91.2 cm³/mol. The zero-order chi connectivity index (χ0) is 19.1. The Morgan fingerprint density at radius 3 is 2.50 bits per heavy atom. The van der Waals surface area contributed by atoms with Gasteiger partial charge in [-0.2, -0.15) is 0 Å². The van der Waals surface area contributed by atoms with Gasteiger partial charge in [-0.25, -0.2) is 21.6 Å².